The Labute approximate surface area is 797 Å². The van der Waals surface area contributed by atoms with Gasteiger partial charge in [0.05, 0.1) is 72.8 Å². The molecule has 680 valence electrons. The van der Waals surface area contributed by atoms with Crippen LogP contribution in [0.2, 0.25) is 0 Å². The number of esters is 2. The maximum Gasteiger partial charge on any atom is 0.306 e. The Balaban J connectivity index is 0.000000148. The highest BCUT2D eigenvalue weighted by molar-refractivity contribution is 7.93. The minimum absolute atomic E-state index is 0.0833. The van der Waals surface area contributed by atoms with Crippen molar-refractivity contribution < 1.29 is 40.1 Å². The first-order chi connectivity index (χ1) is 62.8. The van der Waals surface area contributed by atoms with Crippen molar-refractivity contribution in [1.29, 1.82) is 0 Å². The van der Waals surface area contributed by atoms with Crippen molar-refractivity contribution in [2.75, 3.05) is 66.6 Å². The van der Waals surface area contributed by atoms with Gasteiger partial charge in [-0.3, -0.25) is 22.2 Å². The van der Waals surface area contributed by atoms with Crippen LogP contribution >= 0.6 is 90.7 Å². The predicted octanol–water partition coefficient (Wildman–Crippen LogP) is 23.1. The van der Waals surface area contributed by atoms with Gasteiger partial charge in [0.2, 0.25) is 0 Å². The van der Waals surface area contributed by atoms with Crippen LogP contribution in [0.3, 0.4) is 0 Å². The van der Waals surface area contributed by atoms with Crippen molar-refractivity contribution in [1.82, 2.24) is 44.4 Å². The number of thiazole rings is 4. The van der Waals surface area contributed by atoms with Gasteiger partial charge < -0.3 is 47.6 Å². The van der Waals surface area contributed by atoms with Crippen molar-refractivity contribution in [3.8, 4) is 87.2 Å². The molecule has 16 aromatic rings. The lowest BCUT2D eigenvalue weighted by Gasteiger charge is -2.11. The fraction of sp³-hybridized carbons (Fsp3) is 0.295. The zero-order valence-corrected chi connectivity index (χ0v) is 83.3. The number of imidazole rings is 1. The van der Waals surface area contributed by atoms with Gasteiger partial charge in [-0.1, -0.05) is 132 Å². The predicted molar refractivity (Wildman–Crippen MR) is 548 cm³/mol. The van der Waals surface area contributed by atoms with Crippen molar-refractivity contribution in [2.24, 2.45) is 12.8 Å². The van der Waals surface area contributed by atoms with Crippen LogP contribution in [0, 0.1) is 6.92 Å². The van der Waals surface area contributed by atoms with E-state index in [0.717, 1.165) is 216 Å². The SMILES string of the molecule is C=CCCC(=O)OCc1ccc(-c2cc(-c3nccs3)cc3sc(S(=O)CCCC)c(N)c23)cc1.CCCCS(=O)(=O)c1sc2nc(-c3nccs3)cc(-c3cnc(C)n3C)c2c1N.CCCCS(=O)c1sc2cc(-c3nccs3)cc(-c3ccc(COC(=O)CCCN(C)C)cc3)c2c1N.CCCCS(=O)c1sc2nc(-c3nccs3)cc(-c3ccc(CN)cc3)c2c1N. The molecule has 0 amide bonds. The first-order valence-corrected chi connectivity index (χ1v) is 54.9. The Morgan fingerprint density at radius 3 is 1.32 bits per heavy atom. The highest BCUT2D eigenvalue weighted by Gasteiger charge is 2.29. The van der Waals surface area contributed by atoms with Gasteiger partial charge in [-0.15, -0.1) is 97.3 Å². The van der Waals surface area contributed by atoms with Gasteiger partial charge in [0, 0.05) is 138 Å². The molecule has 0 saturated heterocycles. The average molecular weight is 1970 g/mol. The lowest BCUT2D eigenvalue weighted by molar-refractivity contribution is -0.145. The first-order valence-electron chi connectivity index (χ1n) is 42.5. The number of carbonyl (C=O) groups excluding carboxylic acids is 2. The van der Waals surface area contributed by atoms with E-state index in [9.17, 15) is 30.6 Å². The molecule has 130 heavy (non-hydrogen) atoms. The standard InChI is InChI=1S/C28H33N3O3S3.C27H28N2O3S3.C21H22N4OS3.C19H21N5O2S3/c1-4-5-15-37(33)28-26(29)25-22(16-21(17-23(25)36-28)27-30-12-14-35-27)20-10-8-19(9-11-20)18-34-24(32)7-6-13-31(2)3;1-3-5-7-23(30)32-17-18-8-10-19(11-9-18)21-15-20(26-29-12-13-33-26)16-22-24(21)25(28)27(34-22)35(31)14-6-4-2;1-2-3-10-29(26)21-18(23)17-15(14-6-4-13(12-22)5-7-14)11-16(25-20(17)28-21)19-24-8-9-27-19;1-4-5-8-29(25,26)19-16(20)15-12(14-10-22-11(2)24(14)3)9-13(23-18(15)28-19)17-21-6-7-27-17/h8-12,14,16-17H,4-7,13,15,18,29H2,1-3H3;3,8-13,15-16H,1,4-7,14,17,28H2,2H3;4-9,11H,2-3,10,12,22-23H2,1H3;6-7,9-10H,4-5,8,20H2,1-3H3. The molecule has 0 aliphatic heterocycles. The molecule has 0 fully saturated rings. The van der Waals surface area contributed by atoms with Crippen molar-refractivity contribution in [2.45, 2.75) is 148 Å². The van der Waals surface area contributed by atoms with Crippen LogP contribution in [0.1, 0.15) is 127 Å². The number of aryl methyl sites for hydroxylation is 1. The third-order valence-corrected chi connectivity index (χ3v) is 37.0. The molecule has 3 unspecified atom stereocenters. The molecule has 0 aliphatic rings. The molecular weight excluding hydrogens is 1870 g/mol. The van der Waals surface area contributed by atoms with E-state index in [1.165, 1.54) is 45.3 Å². The second-order valence-corrected chi connectivity index (χ2v) is 46.1. The lowest BCUT2D eigenvalue weighted by atomic mass is 9.98. The van der Waals surface area contributed by atoms with Gasteiger partial charge in [-0.2, -0.15) is 0 Å². The number of sulfone groups is 1. The van der Waals surface area contributed by atoms with E-state index in [4.69, 9.17) is 48.1 Å². The van der Waals surface area contributed by atoms with Gasteiger partial charge >= 0.3 is 11.9 Å². The largest absolute Gasteiger partial charge is 0.461 e. The monoisotopic (exact) mass is 1970 g/mol. The maximum absolute atomic E-state index is 13.0. The van der Waals surface area contributed by atoms with E-state index in [-0.39, 0.29) is 40.8 Å². The number of aromatic nitrogens is 8. The van der Waals surface area contributed by atoms with Crippen LogP contribution in [0.5, 0.6) is 0 Å². The summed E-state index contributed by atoms with van der Waals surface area (Å²) < 4.78 is 81.8. The molecule has 0 spiro atoms. The number of pyridine rings is 2. The van der Waals surface area contributed by atoms with Crippen LogP contribution < -0.4 is 28.7 Å². The number of rotatable bonds is 36. The molecule has 0 aliphatic carbocycles. The van der Waals surface area contributed by atoms with Crippen LogP contribution in [0.25, 0.3) is 128 Å². The Hall–Kier alpha value is -9.83. The van der Waals surface area contributed by atoms with E-state index in [0.29, 0.717) is 82.5 Å². The number of anilines is 4. The second-order valence-electron chi connectivity index (χ2n) is 30.8. The number of hydrogen-bond donors (Lipinski definition) is 5. The number of carbonyl (C=O) groups is 2. The Morgan fingerprint density at radius 2 is 0.900 bits per heavy atom. The molecule has 0 radical (unpaired) electrons. The number of benzene rings is 5. The van der Waals surface area contributed by atoms with Crippen molar-refractivity contribution in [3.05, 3.63) is 197 Å². The van der Waals surface area contributed by atoms with Gasteiger partial charge in [-0.25, -0.2) is 43.3 Å². The normalized spacial score (nSPS) is 12.2. The second kappa shape index (κ2) is 46.0. The third-order valence-electron chi connectivity index (χ3n) is 21.2. The van der Waals surface area contributed by atoms with E-state index in [1.54, 1.807) is 71.1 Å². The Bertz CT molecular complexity index is 6760. The first kappa shape index (κ1) is 97.7. The quantitative estimate of drug-likeness (QED) is 0.0180. The van der Waals surface area contributed by atoms with Crippen LogP contribution in [0.15, 0.2) is 191 Å². The highest BCUT2D eigenvalue weighted by Crippen LogP contribution is 2.50. The molecule has 11 heterocycles. The summed E-state index contributed by atoms with van der Waals surface area (Å²) in [5.74, 6) is 2.37. The zero-order chi connectivity index (χ0) is 92.3. The molecule has 0 bridgehead atoms. The fourth-order valence-corrected chi connectivity index (χ4v) is 28.3. The number of thiophene rings is 4. The average Bonchev–Trinajstić information content (AvgIpc) is 1.59. The summed E-state index contributed by atoms with van der Waals surface area (Å²) in [7, 11) is -0.925. The van der Waals surface area contributed by atoms with Gasteiger partial charge in [-0.05, 0) is 153 Å². The van der Waals surface area contributed by atoms with Gasteiger partial charge in [0.15, 0.2) is 9.84 Å². The lowest BCUT2D eigenvalue weighted by Crippen LogP contribution is -2.15. The number of fused-ring (bicyclic) bond motifs is 4. The topological polar surface area (TPSA) is 366 Å². The van der Waals surface area contributed by atoms with Crippen molar-refractivity contribution >= 4 is 208 Å². The number of unbranched alkanes of at least 4 members (excludes halogenated alkanes) is 4. The summed E-state index contributed by atoms with van der Waals surface area (Å²) in [6.07, 6.45) is 19.8. The van der Waals surface area contributed by atoms with Crippen LogP contribution in [-0.4, -0.2) is 121 Å². The third kappa shape index (κ3) is 23.6. The summed E-state index contributed by atoms with van der Waals surface area (Å²) >= 11 is 11.8. The molecular formula is C95H104N14O9S12. The molecule has 23 nitrogen and oxygen atoms in total. The minimum atomic E-state index is -3.47. The molecule has 0 saturated carbocycles. The number of nitrogen functional groups attached to an aromatic ring is 4. The summed E-state index contributed by atoms with van der Waals surface area (Å²) in [4.78, 5) is 59.0. The van der Waals surface area contributed by atoms with Crippen molar-refractivity contribution in [3.63, 3.8) is 0 Å². The summed E-state index contributed by atoms with van der Waals surface area (Å²) in [5.41, 5.74) is 48.0. The van der Waals surface area contributed by atoms with Crippen LogP contribution in [0.4, 0.5) is 22.7 Å². The molecule has 3 atom stereocenters. The smallest absolute Gasteiger partial charge is 0.306 e. The fourth-order valence-electron chi connectivity index (χ4n) is 14.1. The van der Waals surface area contributed by atoms with E-state index >= 15 is 0 Å². The molecule has 10 N–H and O–H groups in total. The Kier molecular flexibility index (Phi) is 34.6. The highest BCUT2D eigenvalue weighted by atomic mass is 32.2. The summed E-state index contributed by atoms with van der Waals surface area (Å²) in [6.45, 7) is 15.6. The van der Waals surface area contributed by atoms with E-state index in [2.05, 4.69) is 81.4 Å². The molecule has 11 aromatic heterocycles. The maximum atomic E-state index is 13.0. The van der Waals surface area contributed by atoms with E-state index in [1.807, 2.05) is 146 Å². The molecule has 35 heteroatoms. The van der Waals surface area contributed by atoms with Gasteiger partial charge in [0.25, 0.3) is 0 Å². The van der Waals surface area contributed by atoms with Crippen LogP contribution in [-0.2, 0) is 88.1 Å². The summed E-state index contributed by atoms with van der Waals surface area (Å²) in [6, 6.07) is 36.5. The minimum Gasteiger partial charge on any atom is -0.461 e. The number of nitrogens with two attached hydrogens (primary N) is 5. The summed E-state index contributed by atoms with van der Waals surface area (Å²) in [5, 5.41) is 14.6. The zero-order valence-electron chi connectivity index (χ0n) is 73.5. The Morgan fingerprint density at radius 1 is 0.492 bits per heavy atom. The van der Waals surface area contributed by atoms with Gasteiger partial charge in [0.1, 0.15) is 77.0 Å². The molecule has 16 rings (SSSR count). The van der Waals surface area contributed by atoms with E-state index < -0.39 is 42.2 Å². The number of hydrogen-bond acceptors (Lipinski definition) is 30. The number of nitrogens with zero attached hydrogens (tertiary/aromatic N) is 9. The number of allylic oxidation sites excluding steroid dienone is 1. The number of ether oxygens (including phenoxy) is 2. The molecule has 5 aromatic carbocycles.